The average molecular weight is 382 g/mol. The minimum absolute atomic E-state index is 0.234. The molecule has 1 heterocycles. The molecule has 130 valence electrons. The molecular weight excluding hydrogens is 366 g/mol. The third kappa shape index (κ3) is 3.19. The number of benzene rings is 3. The molecule has 4 aromatic rings. The van der Waals surface area contributed by atoms with Crippen molar-refractivity contribution in [3.05, 3.63) is 76.6 Å². The molecule has 0 aliphatic heterocycles. The van der Waals surface area contributed by atoms with E-state index in [9.17, 15) is 9.90 Å². The normalized spacial score (nSPS) is 12.4. The molecule has 1 atom stereocenters. The van der Waals surface area contributed by atoms with Gasteiger partial charge in [-0.25, -0.2) is 0 Å². The summed E-state index contributed by atoms with van der Waals surface area (Å²) in [5, 5.41) is 18.4. The SMILES string of the molecule is O=C(Nc1ccc2ccccc2c1)C(CO)c1csc2ccc(Cl)cc12. The van der Waals surface area contributed by atoms with E-state index in [2.05, 4.69) is 5.32 Å². The van der Waals surface area contributed by atoms with E-state index < -0.39 is 5.92 Å². The summed E-state index contributed by atoms with van der Waals surface area (Å²) in [6.45, 7) is -0.266. The van der Waals surface area contributed by atoms with E-state index in [4.69, 9.17) is 11.6 Å². The second-order valence-corrected chi connectivity index (χ2v) is 7.47. The van der Waals surface area contributed by atoms with Crippen LogP contribution in [0.4, 0.5) is 5.69 Å². The Bertz CT molecular complexity index is 1110. The average Bonchev–Trinajstić information content (AvgIpc) is 3.05. The molecule has 0 bridgehead atoms. The molecule has 3 aromatic carbocycles. The predicted molar refractivity (Wildman–Crippen MR) is 109 cm³/mol. The molecule has 4 rings (SSSR count). The molecule has 1 unspecified atom stereocenters. The van der Waals surface area contributed by atoms with Crippen LogP contribution in [0.1, 0.15) is 11.5 Å². The third-order valence-corrected chi connectivity index (χ3v) is 5.67. The van der Waals surface area contributed by atoms with E-state index in [-0.39, 0.29) is 12.5 Å². The molecule has 0 saturated carbocycles. The van der Waals surface area contributed by atoms with Crippen molar-refractivity contribution in [2.75, 3.05) is 11.9 Å². The molecule has 0 aliphatic rings. The van der Waals surface area contributed by atoms with E-state index >= 15 is 0 Å². The van der Waals surface area contributed by atoms with Crippen LogP contribution in [-0.4, -0.2) is 17.6 Å². The maximum absolute atomic E-state index is 12.8. The Labute approximate surface area is 159 Å². The number of fused-ring (bicyclic) bond motifs is 2. The third-order valence-electron chi connectivity index (χ3n) is 4.46. The van der Waals surface area contributed by atoms with Crippen molar-refractivity contribution >= 4 is 55.4 Å². The standard InChI is InChI=1S/C21H16ClNO2S/c22-15-6-8-20-17(10-15)19(12-26-20)18(11-24)21(25)23-16-7-5-13-3-1-2-4-14(13)9-16/h1-10,12,18,24H,11H2,(H,23,25). The van der Waals surface area contributed by atoms with Crippen molar-refractivity contribution < 1.29 is 9.90 Å². The highest BCUT2D eigenvalue weighted by Gasteiger charge is 2.23. The van der Waals surface area contributed by atoms with Crippen LogP contribution in [0.25, 0.3) is 20.9 Å². The second-order valence-electron chi connectivity index (χ2n) is 6.12. The summed E-state index contributed by atoms with van der Waals surface area (Å²) in [5.41, 5.74) is 1.51. The Morgan fingerprint density at radius 3 is 2.69 bits per heavy atom. The highest BCUT2D eigenvalue weighted by Crippen LogP contribution is 2.34. The Kier molecular flexibility index (Phi) is 4.64. The molecule has 5 heteroatoms. The van der Waals surface area contributed by atoms with Crippen molar-refractivity contribution in [2.24, 2.45) is 0 Å². The highest BCUT2D eigenvalue weighted by atomic mass is 35.5. The van der Waals surface area contributed by atoms with Gasteiger partial charge < -0.3 is 10.4 Å². The van der Waals surface area contributed by atoms with Gasteiger partial charge in [0.1, 0.15) is 0 Å². The lowest BCUT2D eigenvalue weighted by atomic mass is 9.98. The molecule has 1 amide bonds. The van der Waals surface area contributed by atoms with E-state index in [1.807, 2.05) is 66.0 Å². The largest absolute Gasteiger partial charge is 0.395 e. The van der Waals surface area contributed by atoms with Gasteiger partial charge in [0, 0.05) is 15.4 Å². The maximum Gasteiger partial charge on any atom is 0.234 e. The molecule has 26 heavy (non-hydrogen) atoms. The molecule has 2 N–H and O–H groups in total. The summed E-state index contributed by atoms with van der Waals surface area (Å²) < 4.78 is 1.04. The van der Waals surface area contributed by atoms with E-state index in [0.29, 0.717) is 10.7 Å². The van der Waals surface area contributed by atoms with Gasteiger partial charge >= 0.3 is 0 Å². The van der Waals surface area contributed by atoms with Crippen molar-refractivity contribution in [1.82, 2.24) is 0 Å². The van der Waals surface area contributed by atoms with Gasteiger partial charge in [-0.1, -0.05) is 41.9 Å². The summed E-state index contributed by atoms with van der Waals surface area (Å²) >= 11 is 7.64. The zero-order chi connectivity index (χ0) is 18.1. The molecule has 0 fully saturated rings. The van der Waals surface area contributed by atoms with E-state index in [0.717, 1.165) is 26.4 Å². The summed E-state index contributed by atoms with van der Waals surface area (Å²) in [5.74, 6) is -0.879. The van der Waals surface area contributed by atoms with Gasteiger partial charge in [-0.3, -0.25) is 4.79 Å². The number of thiophene rings is 1. The topological polar surface area (TPSA) is 49.3 Å². The fourth-order valence-corrected chi connectivity index (χ4v) is 4.28. The summed E-state index contributed by atoms with van der Waals surface area (Å²) in [7, 11) is 0. The molecule has 0 radical (unpaired) electrons. The highest BCUT2D eigenvalue weighted by molar-refractivity contribution is 7.17. The van der Waals surface area contributed by atoms with Crippen LogP contribution >= 0.6 is 22.9 Å². The minimum Gasteiger partial charge on any atom is -0.395 e. The van der Waals surface area contributed by atoms with Gasteiger partial charge in [-0.05, 0) is 57.4 Å². The minimum atomic E-state index is -0.645. The van der Waals surface area contributed by atoms with Crippen LogP contribution in [-0.2, 0) is 4.79 Å². The molecule has 0 aliphatic carbocycles. The van der Waals surface area contributed by atoms with Crippen LogP contribution in [0, 0.1) is 0 Å². The second kappa shape index (κ2) is 7.08. The lowest BCUT2D eigenvalue weighted by molar-refractivity contribution is -0.118. The van der Waals surface area contributed by atoms with Gasteiger partial charge in [0.05, 0.1) is 12.5 Å². The number of hydrogen-bond acceptors (Lipinski definition) is 3. The first-order chi connectivity index (χ1) is 12.7. The van der Waals surface area contributed by atoms with Gasteiger partial charge in [0.25, 0.3) is 0 Å². The molecule has 0 saturated heterocycles. The fourth-order valence-electron chi connectivity index (χ4n) is 3.11. The maximum atomic E-state index is 12.8. The summed E-state index contributed by atoms with van der Waals surface area (Å²) in [6, 6.07) is 19.4. The van der Waals surface area contributed by atoms with Gasteiger partial charge in [0.15, 0.2) is 0 Å². The lowest BCUT2D eigenvalue weighted by Crippen LogP contribution is -2.23. The Hall–Kier alpha value is -2.40. The Morgan fingerprint density at radius 1 is 1.08 bits per heavy atom. The molecule has 3 nitrogen and oxygen atoms in total. The van der Waals surface area contributed by atoms with Crippen LogP contribution in [0.3, 0.4) is 0 Å². The zero-order valence-corrected chi connectivity index (χ0v) is 15.3. The molecule has 1 aromatic heterocycles. The molecular formula is C21H16ClNO2S. The van der Waals surface area contributed by atoms with Crippen molar-refractivity contribution in [2.45, 2.75) is 5.92 Å². The van der Waals surface area contributed by atoms with Crippen LogP contribution in [0.2, 0.25) is 5.02 Å². The van der Waals surface area contributed by atoms with Crippen LogP contribution in [0.5, 0.6) is 0 Å². The van der Waals surface area contributed by atoms with Crippen molar-refractivity contribution in [3.63, 3.8) is 0 Å². The van der Waals surface area contributed by atoms with Gasteiger partial charge in [-0.15, -0.1) is 11.3 Å². The summed E-state index contributed by atoms with van der Waals surface area (Å²) in [4.78, 5) is 12.8. The number of carbonyl (C=O) groups is 1. The number of amides is 1. The number of rotatable bonds is 4. The van der Waals surface area contributed by atoms with E-state index in [1.54, 1.807) is 11.3 Å². The monoisotopic (exact) mass is 381 g/mol. The fraction of sp³-hybridized carbons (Fsp3) is 0.0952. The number of nitrogens with one attached hydrogen (secondary N) is 1. The van der Waals surface area contributed by atoms with Crippen LogP contribution in [0.15, 0.2) is 66.0 Å². The van der Waals surface area contributed by atoms with Crippen molar-refractivity contribution in [3.8, 4) is 0 Å². The summed E-state index contributed by atoms with van der Waals surface area (Å²) in [6.07, 6.45) is 0. The van der Waals surface area contributed by atoms with Crippen molar-refractivity contribution in [1.29, 1.82) is 0 Å². The Morgan fingerprint density at radius 2 is 1.88 bits per heavy atom. The quantitative estimate of drug-likeness (QED) is 0.495. The Balaban J connectivity index is 1.64. The number of hydrogen-bond donors (Lipinski definition) is 2. The smallest absolute Gasteiger partial charge is 0.234 e. The lowest BCUT2D eigenvalue weighted by Gasteiger charge is -2.15. The van der Waals surface area contributed by atoms with Gasteiger partial charge in [-0.2, -0.15) is 0 Å². The number of anilines is 1. The van der Waals surface area contributed by atoms with Gasteiger partial charge in [0.2, 0.25) is 5.91 Å². The number of carbonyl (C=O) groups excluding carboxylic acids is 1. The van der Waals surface area contributed by atoms with E-state index in [1.165, 1.54) is 0 Å². The molecule has 0 spiro atoms. The first-order valence-electron chi connectivity index (χ1n) is 8.23. The van der Waals surface area contributed by atoms with Crippen LogP contribution < -0.4 is 5.32 Å². The first kappa shape index (κ1) is 17.0. The zero-order valence-electron chi connectivity index (χ0n) is 13.8. The first-order valence-corrected chi connectivity index (χ1v) is 9.48. The number of aliphatic hydroxyl groups excluding tert-OH is 1. The number of halogens is 1. The predicted octanol–water partition coefficient (Wildman–Crippen LogP) is 5.42. The number of aliphatic hydroxyl groups is 1.